The van der Waals surface area contributed by atoms with Crippen LogP contribution >= 0.6 is 0 Å². The predicted octanol–water partition coefficient (Wildman–Crippen LogP) is 4.62. The van der Waals surface area contributed by atoms with Crippen LogP contribution < -0.4 is 10.6 Å². The number of rotatable bonds is 9. The summed E-state index contributed by atoms with van der Waals surface area (Å²) in [7, 11) is 0. The first-order valence-electron chi connectivity index (χ1n) is 11.2. The summed E-state index contributed by atoms with van der Waals surface area (Å²) in [6.07, 6.45) is 16.3. The summed E-state index contributed by atoms with van der Waals surface area (Å²) >= 11 is 0. The predicted molar refractivity (Wildman–Crippen MR) is 130 cm³/mol. The van der Waals surface area contributed by atoms with Gasteiger partial charge in [0.1, 0.15) is 12.3 Å². The lowest BCUT2D eigenvalue weighted by atomic mass is 9.72. The van der Waals surface area contributed by atoms with Crippen LogP contribution in [0.4, 0.5) is 5.82 Å². The highest BCUT2D eigenvalue weighted by Crippen LogP contribution is 2.40. The molecule has 0 radical (unpaired) electrons. The molecule has 0 spiro atoms. The quantitative estimate of drug-likeness (QED) is 0.374. The second kappa shape index (κ2) is 12.2. The Kier molecular flexibility index (Phi) is 9.60. The van der Waals surface area contributed by atoms with Gasteiger partial charge in [0.2, 0.25) is 5.91 Å². The van der Waals surface area contributed by atoms with Crippen molar-refractivity contribution >= 4 is 17.6 Å². The Morgan fingerprint density at radius 2 is 2.03 bits per heavy atom. The van der Waals surface area contributed by atoms with Crippen LogP contribution in [0.1, 0.15) is 53.9 Å². The minimum atomic E-state index is -1.10. The van der Waals surface area contributed by atoms with Crippen molar-refractivity contribution in [3.8, 4) is 0 Å². The summed E-state index contributed by atoms with van der Waals surface area (Å²) in [5.74, 6) is -0.857. The van der Waals surface area contributed by atoms with Crippen molar-refractivity contribution in [1.82, 2.24) is 10.5 Å². The number of hydrogen-bond acceptors (Lipinski definition) is 5. The average molecular weight is 454 g/mol. The van der Waals surface area contributed by atoms with E-state index in [1.165, 1.54) is 42.4 Å². The van der Waals surface area contributed by atoms with Crippen LogP contribution in [0.3, 0.4) is 0 Å². The van der Waals surface area contributed by atoms with Crippen LogP contribution in [0.25, 0.3) is 0 Å². The van der Waals surface area contributed by atoms with Crippen LogP contribution in [-0.4, -0.2) is 34.7 Å². The Bertz CT molecular complexity index is 979. The molecule has 7 heteroatoms. The molecule has 0 bridgehead atoms. The average Bonchev–Trinajstić information content (AvgIpc) is 3.24. The maximum Gasteiger partial charge on any atom is 0.250 e. The van der Waals surface area contributed by atoms with Gasteiger partial charge in [0.15, 0.2) is 5.82 Å². The molecule has 0 aromatic carbocycles. The Balaban J connectivity index is 1.93. The van der Waals surface area contributed by atoms with E-state index in [0.717, 1.165) is 12.0 Å². The number of anilines is 1. The van der Waals surface area contributed by atoms with E-state index < -0.39 is 24.5 Å². The summed E-state index contributed by atoms with van der Waals surface area (Å²) in [4.78, 5) is 24.3. The summed E-state index contributed by atoms with van der Waals surface area (Å²) in [6, 6.07) is 0.360. The molecule has 0 fully saturated rings. The summed E-state index contributed by atoms with van der Waals surface area (Å²) < 4.78 is 4.63. The molecule has 1 aliphatic carbocycles. The Morgan fingerprint density at radius 3 is 2.67 bits per heavy atom. The highest BCUT2D eigenvalue weighted by Gasteiger charge is 2.26. The molecule has 1 heterocycles. The summed E-state index contributed by atoms with van der Waals surface area (Å²) in [6.45, 7) is 10.1. The monoisotopic (exact) mass is 453 g/mol. The minimum Gasteiger partial charge on any atom is -0.394 e. The second-order valence-electron chi connectivity index (χ2n) is 9.04. The zero-order valence-corrected chi connectivity index (χ0v) is 20.1. The Labute approximate surface area is 196 Å². The van der Waals surface area contributed by atoms with Crippen molar-refractivity contribution in [2.75, 3.05) is 11.9 Å². The van der Waals surface area contributed by atoms with E-state index in [9.17, 15) is 14.7 Å². The third kappa shape index (κ3) is 8.35. The van der Waals surface area contributed by atoms with E-state index in [0.29, 0.717) is 5.57 Å². The highest BCUT2D eigenvalue weighted by atomic mass is 16.5. The number of aliphatic hydroxyl groups excluding tert-OH is 1. The molecule has 3 N–H and O–H groups in total. The van der Waals surface area contributed by atoms with Crippen molar-refractivity contribution < 1.29 is 19.2 Å². The first-order chi connectivity index (χ1) is 15.6. The number of aliphatic hydroxyl groups is 1. The third-order valence-electron chi connectivity index (χ3n) is 5.64. The van der Waals surface area contributed by atoms with Crippen molar-refractivity contribution in [3.05, 3.63) is 71.1 Å². The maximum absolute atomic E-state index is 12.2. The molecular formula is C26H35N3O4. The number of hydrogen-bond donors (Lipinski definition) is 3. The first-order valence-corrected chi connectivity index (χ1v) is 11.2. The van der Waals surface area contributed by atoms with Gasteiger partial charge in [-0.2, -0.15) is 0 Å². The second-order valence-corrected chi connectivity index (χ2v) is 9.04. The van der Waals surface area contributed by atoms with Crippen molar-refractivity contribution in [2.24, 2.45) is 5.41 Å². The fourth-order valence-electron chi connectivity index (χ4n) is 3.79. The molecule has 0 aliphatic heterocycles. The number of allylic oxidation sites excluding steroid dienone is 9. The molecular weight excluding hydrogens is 418 g/mol. The van der Waals surface area contributed by atoms with Crippen LogP contribution in [0, 0.1) is 5.41 Å². The Morgan fingerprint density at radius 1 is 1.27 bits per heavy atom. The van der Waals surface area contributed by atoms with Crippen LogP contribution in [0.5, 0.6) is 0 Å². The Hall–Kier alpha value is -3.19. The van der Waals surface area contributed by atoms with E-state index >= 15 is 0 Å². The van der Waals surface area contributed by atoms with Gasteiger partial charge in [-0.1, -0.05) is 60.5 Å². The van der Waals surface area contributed by atoms with Crippen molar-refractivity contribution in [1.29, 1.82) is 0 Å². The summed E-state index contributed by atoms with van der Waals surface area (Å²) in [5.41, 5.74) is 4.91. The van der Waals surface area contributed by atoms with Gasteiger partial charge < -0.3 is 20.3 Å². The van der Waals surface area contributed by atoms with Gasteiger partial charge >= 0.3 is 0 Å². The lowest BCUT2D eigenvalue weighted by molar-refractivity contribution is -0.124. The van der Waals surface area contributed by atoms with Gasteiger partial charge in [0.05, 0.1) is 6.61 Å². The van der Waals surface area contributed by atoms with Gasteiger partial charge in [0, 0.05) is 12.1 Å². The molecule has 2 rings (SSSR count). The molecule has 1 atom stereocenters. The van der Waals surface area contributed by atoms with Crippen LogP contribution in [-0.2, 0) is 9.59 Å². The molecule has 1 aromatic heterocycles. The molecule has 1 aromatic rings. The molecule has 7 nitrogen and oxygen atoms in total. The van der Waals surface area contributed by atoms with Gasteiger partial charge in [-0.15, -0.1) is 0 Å². The molecule has 1 aliphatic rings. The fourth-order valence-corrected chi connectivity index (χ4v) is 3.79. The lowest BCUT2D eigenvalue weighted by Crippen LogP contribution is -2.45. The molecule has 33 heavy (non-hydrogen) atoms. The standard InChI is InChI=1S/C26H35N3O4/c1-18(11-12-21-20(3)10-7-14-26(21,4)5)8-6-9-19(2)16-24(31)27-22(17-30)25(32)28-23-13-15-33-29-23/h6,8-9,11-13,15-16,22,30H,7,10,14,17H2,1-5H3,(H,27,31)(H,28,29,32). The van der Waals surface area contributed by atoms with Crippen molar-refractivity contribution in [3.63, 3.8) is 0 Å². The highest BCUT2D eigenvalue weighted by molar-refractivity contribution is 5.98. The lowest BCUT2D eigenvalue weighted by Gasteiger charge is -2.32. The van der Waals surface area contributed by atoms with Crippen molar-refractivity contribution in [2.45, 2.75) is 59.9 Å². The van der Waals surface area contributed by atoms with Gasteiger partial charge in [-0.05, 0) is 56.6 Å². The van der Waals surface area contributed by atoms with E-state index in [2.05, 4.69) is 53.2 Å². The zero-order chi connectivity index (χ0) is 24.4. The fraction of sp³-hybridized carbons (Fsp3) is 0.423. The zero-order valence-electron chi connectivity index (χ0n) is 20.1. The number of amides is 2. The largest absolute Gasteiger partial charge is 0.394 e. The molecule has 2 amide bonds. The van der Waals surface area contributed by atoms with E-state index in [1.54, 1.807) is 6.92 Å². The molecule has 1 unspecified atom stereocenters. The van der Waals surface area contributed by atoms with E-state index in [-0.39, 0.29) is 11.2 Å². The van der Waals surface area contributed by atoms with Gasteiger partial charge in [-0.3, -0.25) is 9.59 Å². The van der Waals surface area contributed by atoms with E-state index in [4.69, 9.17) is 0 Å². The third-order valence-corrected chi connectivity index (χ3v) is 5.64. The van der Waals surface area contributed by atoms with Gasteiger partial charge in [-0.25, -0.2) is 0 Å². The molecule has 0 saturated heterocycles. The minimum absolute atomic E-state index is 0.206. The normalized spacial score (nSPS) is 18.1. The molecule has 0 saturated carbocycles. The molecule has 178 valence electrons. The number of nitrogens with zero attached hydrogens (tertiary/aromatic N) is 1. The summed E-state index contributed by atoms with van der Waals surface area (Å²) in [5, 5.41) is 17.9. The van der Waals surface area contributed by atoms with Crippen LogP contribution in [0.15, 0.2) is 75.6 Å². The topological polar surface area (TPSA) is 104 Å². The smallest absolute Gasteiger partial charge is 0.250 e. The van der Waals surface area contributed by atoms with E-state index in [1.807, 2.05) is 25.2 Å². The SMILES string of the molecule is CC(C=CC1=C(C)CCCC1(C)C)=CC=CC(C)=CC(=O)NC(CO)C(=O)Nc1ccon1. The number of aromatic nitrogens is 1. The van der Waals surface area contributed by atoms with Gasteiger partial charge in [0.25, 0.3) is 5.91 Å². The number of carbonyl (C=O) groups excluding carboxylic acids is 2. The maximum atomic E-state index is 12.2. The number of nitrogens with one attached hydrogen (secondary N) is 2. The van der Waals surface area contributed by atoms with Crippen LogP contribution in [0.2, 0.25) is 0 Å². The first kappa shape index (κ1) is 26.1. The number of carbonyl (C=O) groups is 2.